The molecule has 0 aromatic heterocycles. The second-order valence-corrected chi connectivity index (χ2v) is 5.23. The first-order valence-corrected chi connectivity index (χ1v) is 6.26. The molecule has 1 atom stereocenters. The highest BCUT2D eigenvalue weighted by molar-refractivity contribution is 6.00. The van der Waals surface area contributed by atoms with Crippen molar-refractivity contribution in [1.29, 1.82) is 0 Å². The van der Waals surface area contributed by atoms with Gasteiger partial charge in [-0.2, -0.15) is 0 Å². The molecular formula is C14H15ClN2O. The van der Waals surface area contributed by atoms with Gasteiger partial charge < -0.3 is 5.32 Å². The highest BCUT2D eigenvalue weighted by atomic mass is 35.5. The molecule has 1 aromatic rings. The number of amides is 1. The number of hydrogen-bond acceptors (Lipinski definition) is 2. The summed E-state index contributed by atoms with van der Waals surface area (Å²) < 4.78 is 0. The lowest BCUT2D eigenvalue weighted by Crippen LogP contribution is -2.43. The Kier molecular flexibility index (Phi) is 2.49. The molecule has 1 saturated carbocycles. The third kappa shape index (κ3) is 1.25. The molecule has 1 unspecified atom stereocenters. The SMILES string of the molecule is Cl.O=C1NC2CN=c3ccccc3=C2C12CCC2. The molecule has 1 amide bonds. The largest absolute Gasteiger partial charge is 0.347 e. The second kappa shape index (κ2) is 3.82. The average Bonchev–Trinajstić information content (AvgIpc) is 2.61. The van der Waals surface area contributed by atoms with Crippen LogP contribution in [0.5, 0.6) is 0 Å². The Hall–Kier alpha value is -1.35. The summed E-state index contributed by atoms with van der Waals surface area (Å²) >= 11 is 0. The van der Waals surface area contributed by atoms with Crippen LogP contribution in [0, 0.1) is 5.41 Å². The number of para-hydroxylation sites is 1. The number of carbonyl (C=O) groups excluding carboxylic acids is 1. The van der Waals surface area contributed by atoms with E-state index in [-0.39, 0.29) is 29.8 Å². The molecule has 1 spiro atoms. The Balaban J connectivity index is 0.000001000. The van der Waals surface area contributed by atoms with Crippen molar-refractivity contribution in [1.82, 2.24) is 5.32 Å². The van der Waals surface area contributed by atoms with Crippen molar-refractivity contribution in [2.45, 2.75) is 25.3 Å². The third-order valence-electron chi connectivity index (χ3n) is 4.45. The van der Waals surface area contributed by atoms with Crippen LogP contribution in [0.3, 0.4) is 0 Å². The van der Waals surface area contributed by atoms with Crippen LogP contribution in [0.4, 0.5) is 0 Å². The van der Waals surface area contributed by atoms with Gasteiger partial charge in [-0.05, 0) is 24.5 Å². The van der Waals surface area contributed by atoms with E-state index in [2.05, 4.69) is 16.4 Å². The fourth-order valence-electron chi connectivity index (χ4n) is 3.46. The number of benzene rings is 1. The summed E-state index contributed by atoms with van der Waals surface area (Å²) in [4.78, 5) is 16.7. The number of halogens is 1. The summed E-state index contributed by atoms with van der Waals surface area (Å²) in [7, 11) is 0. The summed E-state index contributed by atoms with van der Waals surface area (Å²) in [5.41, 5.74) is 1.14. The highest BCUT2D eigenvalue weighted by Crippen LogP contribution is 2.52. The maximum Gasteiger partial charge on any atom is 0.230 e. The van der Waals surface area contributed by atoms with Gasteiger partial charge in [-0.15, -0.1) is 12.4 Å². The third-order valence-corrected chi connectivity index (χ3v) is 4.45. The first kappa shape index (κ1) is 11.7. The normalized spacial score (nSPS) is 26.3. The topological polar surface area (TPSA) is 41.5 Å². The summed E-state index contributed by atoms with van der Waals surface area (Å²) in [5, 5.41) is 5.37. The molecule has 3 aliphatic rings. The van der Waals surface area contributed by atoms with Gasteiger partial charge in [-0.1, -0.05) is 24.6 Å². The van der Waals surface area contributed by atoms with Crippen LogP contribution in [0.15, 0.2) is 29.3 Å². The smallest absolute Gasteiger partial charge is 0.230 e. The van der Waals surface area contributed by atoms with E-state index in [0.29, 0.717) is 6.54 Å². The van der Waals surface area contributed by atoms with Gasteiger partial charge in [0, 0.05) is 5.22 Å². The van der Waals surface area contributed by atoms with Gasteiger partial charge in [-0.3, -0.25) is 9.79 Å². The molecule has 4 heteroatoms. The van der Waals surface area contributed by atoms with Crippen molar-refractivity contribution in [3.05, 3.63) is 34.8 Å². The van der Waals surface area contributed by atoms with Gasteiger partial charge in [0.2, 0.25) is 5.91 Å². The number of hydrogen-bond donors (Lipinski definition) is 1. The standard InChI is InChI=1S/C14H14N2O.ClH/c17-13-14(6-3-7-14)12-9-4-1-2-5-10(9)15-8-11(12)16-13;/h1-2,4-5,11H,3,6-8H2,(H,16,17);1H. The fraction of sp³-hybridized carbons (Fsp3) is 0.429. The van der Waals surface area contributed by atoms with Crippen LogP contribution in [0.1, 0.15) is 19.3 Å². The molecule has 2 aliphatic heterocycles. The zero-order valence-corrected chi connectivity index (χ0v) is 10.8. The van der Waals surface area contributed by atoms with E-state index >= 15 is 0 Å². The molecule has 94 valence electrons. The monoisotopic (exact) mass is 262 g/mol. The van der Waals surface area contributed by atoms with E-state index in [4.69, 9.17) is 0 Å². The van der Waals surface area contributed by atoms with Crippen LogP contribution in [0.25, 0.3) is 5.57 Å². The lowest BCUT2D eigenvalue weighted by Gasteiger charge is -2.37. The Morgan fingerprint density at radius 2 is 2.06 bits per heavy atom. The maximum absolute atomic E-state index is 12.2. The maximum atomic E-state index is 12.2. The van der Waals surface area contributed by atoms with E-state index in [1.807, 2.05) is 18.2 Å². The molecule has 0 radical (unpaired) electrons. The zero-order chi connectivity index (χ0) is 11.5. The minimum Gasteiger partial charge on any atom is -0.347 e. The van der Waals surface area contributed by atoms with E-state index < -0.39 is 0 Å². The predicted molar refractivity (Wildman–Crippen MR) is 71.0 cm³/mol. The van der Waals surface area contributed by atoms with Gasteiger partial charge in [0.25, 0.3) is 0 Å². The molecule has 4 rings (SSSR count). The first-order chi connectivity index (χ1) is 8.31. The minimum absolute atomic E-state index is 0. The minimum atomic E-state index is -0.184. The van der Waals surface area contributed by atoms with Crippen LogP contribution in [-0.2, 0) is 4.79 Å². The van der Waals surface area contributed by atoms with E-state index in [1.54, 1.807) is 0 Å². The second-order valence-electron chi connectivity index (χ2n) is 5.23. The summed E-state index contributed by atoms with van der Waals surface area (Å²) in [6.07, 6.45) is 3.20. The summed E-state index contributed by atoms with van der Waals surface area (Å²) in [6.45, 7) is 0.708. The fourth-order valence-corrected chi connectivity index (χ4v) is 3.46. The Bertz CT molecular complexity index is 633. The van der Waals surface area contributed by atoms with Crippen molar-refractivity contribution in [3.8, 4) is 0 Å². The lowest BCUT2D eigenvalue weighted by molar-refractivity contribution is -0.129. The average molecular weight is 263 g/mol. The molecule has 1 N–H and O–H groups in total. The molecule has 1 aromatic carbocycles. The summed E-state index contributed by atoms with van der Waals surface area (Å²) in [6, 6.07) is 8.37. The molecule has 1 aliphatic carbocycles. The van der Waals surface area contributed by atoms with Crippen LogP contribution in [0.2, 0.25) is 0 Å². The lowest BCUT2D eigenvalue weighted by atomic mass is 9.63. The number of nitrogens with zero attached hydrogens (tertiary/aromatic N) is 1. The number of nitrogens with one attached hydrogen (secondary N) is 1. The Labute approximate surface area is 111 Å². The first-order valence-electron chi connectivity index (χ1n) is 6.26. The van der Waals surface area contributed by atoms with Crippen molar-refractivity contribution in [2.75, 3.05) is 6.54 Å². The van der Waals surface area contributed by atoms with E-state index in [0.717, 1.165) is 18.2 Å². The van der Waals surface area contributed by atoms with Crippen LogP contribution >= 0.6 is 12.4 Å². The molecule has 2 fully saturated rings. The predicted octanol–water partition coefficient (Wildman–Crippen LogP) is 0.561. The van der Waals surface area contributed by atoms with Gasteiger partial charge in [0.05, 0.1) is 23.4 Å². The van der Waals surface area contributed by atoms with Gasteiger partial charge in [-0.25, -0.2) is 0 Å². The van der Waals surface area contributed by atoms with Crippen molar-refractivity contribution < 1.29 is 4.79 Å². The zero-order valence-electron chi connectivity index (χ0n) is 9.98. The highest BCUT2D eigenvalue weighted by Gasteiger charge is 2.55. The van der Waals surface area contributed by atoms with Crippen molar-refractivity contribution in [2.24, 2.45) is 10.4 Å². The van der Waals surface area contributed by atoms with E-state index in [9.17, 15) is 4.79 Å². The Morgan fingerprint density at radius 1 is 1.28 bits per heavy atom. The molecule has 18 heavy (non-hydrogen) atoms. The molecule has 2 heterocycles. The molecule has 0 bridgehead atoms. The number of carbonyl (C=O) groups is 1. The van der Waals surface area contributed by atoms with Crippen molar-refractivity contribution in [3.63, 3.8) is 0 Å². The molecule has 3 nitrogen and oxygen atoms in total. The number of fused-ring (bicyclic) bond motifs is 3. The van der Waals surface area contributed by atoms with Gasteiger partial charge in [0.15, 0.2) is 0 Å². The summed E-state index contributed by atoms with van der Waals surface area (Å²) in [5.74, 6) is 0.232. The molecular weight excluding hydrogens is 248 g/mol. The van der Waals surface area contributed by atoms with Gasteiger partial charge in [0.1, 0.15) is 0 Å². The molecule has 1 saturated heterocycles. The van der Waals surface area contributed by atoms with Crippen molar-refractivity contribution >= 4 is 23.9 Å². The van der Waals surface area contributed by atoms with E-state index in [1.165, 1.54) is 17.2 Å². The van der Waals surface area contributed by atoms with Crippen LogP contribution < -0.4 is 15.9 Å². The Morgan fingerprint density at radius 3 is 2.78 bits per heavy atom. The quantitative estimate of drug-likeness (QED) is 0.729. The van der Waals surface area contributed by atoms with Gasteiger partial charge >= 0.3 is 0 Å². The van der Waals surface area contributed by atoms with Crippen LogP contribution in [-0.4, -0.2) is 18.5 Å². The number of rotatable bonds is 0.